The van der Waals surface area contributed by atoms with Gasteiger partial charge in [0.2, 0.25) is 0 Å². The van der Waals surface area contributed by atoms with Crippen molar-refractivity contribution in [2.24, 2.45) is 0 Å². The smallest absolute Gasteiger partial charge is 0.275 e. The third kappa shape index (κ3) is 4.69. The van der Waals surface area contributed by atoms with Crippen LogP contribution in [0.2, 0.25) is 10.0 Å². The molecule has 0 fully saturated rings. The van der Waals surface area contributed by atoms with E-state index in [2.05, 4.69) is 0 Å². The Labute approximate surface area is 144 Å². The van der Waals surface area contributed by atoms with Crippen LogP contribution in [0.5, 0.6) is 0 Å². The highest BCUT2D eigenvalue weighted by atomic mass is 35.5. The maximum atomic E-state index is 12.5. The molecule has 10 heteroatoms. The Morgan fingerprint density at radius 1 is 0.957 bits per heavy atom. The number of alkyl halides is 3. The fraction of sp³-hybridized carbons (Fsp3) is 0.0769. The van der Waals surface area contributed by atoms with Crippen molar-refractivity contribution in [2.45, 2.75) is 15.3 Å². The van der Waals surface area contributed by atoms with Crippen molar-refractivity contribution >= 4 is 50.7 Å². The normalized spacial score (nSPS) is 12.2. The maximum Gasteiger partial charge on any atom is 0.516 e. The Kier molecular flexibility index (Phi) is 5.40. The van der Waals surface area contributed by atoms with Crippen LogP contribution in [-0.2, 0) is 10.0 Å². The van der Waals surface area contributed by atoms with E-state index in [9.17, 15) is 21.6 Å². The molecule has 0 atom stereocenters. The zero-order valence-electron chi connectivity index (χ0n) is 11.1. The highest BCUT2D eigenvalue weighted by molar-refractivity contribution is 7.99. The fourth-order valence-electron chi connectivity index (χ4n) is 1.50. The molecule has 0 aliphatic heterocycles. The van der Waals surface area contributed by atoms with E-state index in [4.69, 9.17) is 23.2 Å². The number of sulfonamides is 1. The first-order valence-electron chi connectivity index (χ1n) is 5.90. The van der Waals surface area contributed by atoms with Gasteiger partial charge in [-0.2, -0.15) is 21.6 Å². The summed E-state index contributed by atoms with van der Waals surface area (Å²) in [6, 6.07) is 10.3. The number of hydrogen-bond donors (Lipinski definition) is 1. The monoisotopic (exact) mass is 401 g/mol. The molecule has 124 valence electrons. The molecule has 0 amide bonds. The molecule has 0 bridgehead atoms. The molecule has 0 saturated heterocycles. The second kappa shape index (κ2) is 6.80. The first-order chi connectivity index (χ1) is 10.6. The molecule has 1 N–H and O–H groups in total. The second-order valence-corrected chi connectivity index (χ2v) is 7.91. The summed E-state index contributed by atoms with van der Waals surface area (Å²) in [7, 11) is -5.51. The molecule has 2 aromatic rings. The lowest BCUT2D eigenvalue weighted by atomic mass is 10.3. The number of nitrogens with one attached hydrogen (secondary N) is 1. The second-order valence-electron chi connectivity index (χ2n) is 4.25. The molecule has 0 radical (unpaired) electrons. The molecule has 0 saturated carbocycles. The number of benzene rings is 2. The molecule has 23 heavy (non-hydrogen) atoms. The van der Waals surface area contributed by atoms with Gasteiger partial charge in [0.1, 0.15) is 0 Å². The molecule has 2 rings (SSSR count). The van der Waals surface area contributed by atoms with Crippen LogP contribution in [0.25, 0.3) is 0 Å². The van der Waals surface area contributed by atoms with Gasteiger partial charge in [0.15, 0.2) is 0 Å². The quantitative estimate of drug-likeness (QED) is 0.744. The van der Waals surface area contributed by atoms with Crippen molar-refractivity contribution in [1.82, 2.24) is 0 Å². The summed E-state index contributed by atoms with van der Waals surface area (Å²) >= 11 is 12.6. The Bertz CT molecular complexity index is 809. The minimum atomic E-state index is -5.51. The van der Waals surface area contributed by atoms with Gasteiger partial charge < -0.3 is 0 Å². The van der Waals surface area contributed by atoms with Gasteiger partial charge in [-0.25, -0.2) is 0 Å². The van der Waals surface area contributed by atoms with Gasteiger partial charge in [0.25, 0.3) is 0 Å². The summed E-state index contributed by atoms with van der Waals surface area (Å²) in [5.41, 5.74) is -5.62. The summed E-state index contributed by atoms with van der Waals surface area (Å²) in [6.45, 7) is 0. The van der Waals surface area contributed by atoms with Crippen molar-refractivity contribution in [2.75, 3.05) is 4.72 Å². The number of rotatable bonds is 4. The average Bonchev–Trinajstić information content (AvgIpc) is 2.43. The molecule has 0 aliphatic carbocycles. The lowest BCUT2D eigenvalue weighted by Crippen LogP contribution is -2.30. The van der Waals surface area contributed by atoms with E-state index in [1.165, 1.54) is 22.9 Å². The number of halogens is 5. The zero-order chi connectivity index (χ0) is 17.3. The Balaban J connectivity index is 2.36. The SMILES string of the molecule is O=S(=O)(Nc1ccc(Cl)cc1Sc1ccc(Cl)cc1)C(F)(F)F. The van der Waals surface area contributed by atoms with E-state index in [0.29, 0.717) is 9.92 Å². The van der Waals surface area contributed by atoms with Crippen LogP contribution >= 0.6 is 35.0 Å². The first-order valence-corrected chi connectivity index (χ1v) is 8.96. The van der Waals surface area contributed by atoms with Crippen LogP contribution in [0.1, 0.15) is 0 Å². The predicted octanol–water partition coefficient (Wildman–Crippen LogP) is 5.41. The molecule has 0 spiro atoms. The van der Waals surface area contributed by atoms with Crippen molar-refractivity contribution in [3.05, 3.63) is 52.5 Å². The van der Waals surface area contributed by atoms with E-state index in [0.717, 1.165) is 11.8 Å². The van der Waals surface area contributed by atoms with Crippen LogP contribution in [0, 0.1) is 0 Å². The van der Waals surface area contributed by atoms with Gasteiger partial charge in [-0.15, -0.1) is 0 Å². The van der Waals surface area contributed by atoms with Crippen LogP contribution in [0.3, 0.4) is 0 Å². The van der Waals surface area contributed by atoms with Gasteiger partial charge >= 0.3 is 15.5 Å². The number of hydrogen-bond acceptors (Lipinski definition) is 3. The van der Waals surface area contributed by atoms with Crippen molar-refractivity contribution in [3.8, 4) is 0 Å². The fourth-order valence-corrected chi connectivity index (χ4v) is 3.45. The number of anilines is 1. The lowest BCUT2D eigenvalue weighted by molar-refractivity contribution is -0.0429. The van der Waals surface area contributed by atoms with Crippen molar-refractivity contribution in [1.29, 1.82) is 0 Å². The van der Waals surface area contributed by atoms with Crippen molar-refractivity contribution < 1.29 is 21.6 Å². The van der Waals surface area contributed by atoms with E-state index in [-0.39, 0.29) is 15.6 Å². The van der Waals surface area contributed by atoms with E-state index < -0.39 is 15.5 Å². The molecule has 0 heterocycles. The summed E-state index contributed by atoms with van der Waals surface area (Å²) < 4.78 is 61.6. The van der Waals surface area contributed by atoms with Gasteiger partial charge in [-0.05, 0) is 42.5 Å². The zero-order valence-corrected chi connectivity index (χ0v) is 14.2. The van der Waals surface area contributed by atoms with Crippen LogP contribution in [-0.4, -0.2) is 13.9 Å². The van der Waals surface area contributed by atoms with Gasteiger partial charge in [-0.1, -0.05) is 35.0 Å². The Hall–Kier alpha value is -1.09. The van der Waals surface area contributed by atoms with Crippen molar-refractivity contribution in [3.63, 3.8) is 0 Å². The first kappa shape index (κ1) is 18.3. The molecule has 3 nitrogen and oxygen atoms in total. The van der Waals surface area contributed by atoms with E-state index in [1.54, 1.807) is 24.3 Å². The standard InChI is InChI=1S/C13H8Cl2F3NO2S2/c14-8-1-4-10(5-2-8)22-12-7-9(15)3-6-11(12)19-23(20,21)13(16,17)18/h1-7,19H. The minimum absolute atomic E-state index is 0.216. The summed E-state index contributed by atoms with van der Waals surface area (Å²) in [5, 5.41) is 0.759. The van der Waals surface area contributed by atoms with Crippen LogP contribution in [0.15, 0.2) is 52.3 Å². The molecule has 2 aromatic carbocycles. The molecular weight excluding hydrogens is 394 g/mol. The molecule has 0 unspecified atom stereocenters. The maximum absolute atomic E-state index is 12.5. The van der Waals surface area contributed by atoms with E-state index in [1.807, 2.05) is 0 Å². The third-order valence-corrected chi connectivity index (χ3v) is 5.18. The summed E-state index contributed by atoms with van der Waals surface area (Å²) in [4.78, 5) is 0.886. The topological polar surface area (TPSA) is 46.2 Å². The highest BCUT2D eigenvalue weighted by Crippen LogP contribution is 2.37. The molecule has 0 aliphatic rings. The van der Waals surface area contributed by atoms with Crippen LogP contribution < -0.4 is 4.72 Å². The highest BCUT2D eigenvalue weighted by Gasteiger charge is 2.46. The van der Waals surface area contributed by atoms with Gasteiger partial charge in [-0.3, -0.25) is 4.72 Å². The Morgan fingerprint density at radius 2 is 1.52 bits per heavy atom. The van der Waals surface area contributed by atoms with E-state index >= 15 is 0 Å². The predicted molar refractivity (Wildman–Crippen MR) is 85.6 cm³/mol. The average molecular weight is 402 g/mol. The minimum Gasteiger partial charge on any atom is -0.275 e. The Morgan fingerprint density at radius 3 is 2.09 bits per heavy atom. The van der Waals surface area contributed by atoms with Gasteiger partial charge in [0, 0.05) is 19.8 Å². The lowest BCUT2D eigenvalue weighted by Gasteiger charge is -2.14. The van der Waals surface area contributed by atoms with Gasteiger partial charge in [0.05, 0.1) is 5.69 Å². The summed E-state index contributed by atoms with van der Waals surface area (Å²) in [5.74, 6) is 0. The molecule has 0 aromatic heterocycles. The molecular formula is C13H8Cl2F3NO2S2. The van der Waals surface area contributed by atoms with Crippen LogP contribution in [0.4, 0.5) is 18.9 Å². The third-order valence-electron chi connectivity index (χ3n) is 2.53. The largest absolute Gasteiger partial charge is 0.516 e. The summed E-state index contributed by atoms with van der Waals surface area (Å²) in [6.07, 6.45) is 0.